The number of oxime groups is 1. The Morgan fingerprint density at radius 2 is 1.95 bits per heavy atom. The lowest BCUT2D eigenvalue weighted by molar-refractivity contribution is -0.160. The molecular weight excluding hydrogens is 570 g/mol. The number of β-lactam (4-membered cyclic amide) rings is 1. The Morgan fingerprint density at radius 3 is 2.52 bits per heavy atom. The number of carbonyl (C=O) groups excluding carboxylic acids is 5. The summed E-state index contributed by atoms with van der Waals surface area (Å²) in [4.78, 5) is 82.8. The van der Waals surface area contributed by atoms with Crippen LogP contribution in [-0.4, -0.2) is 92.2 Å². The van der Waals surface area contributed by atoms with Crippen LogP contribution in [0.25, 0.3) is 0 Å². The van der Waals surface area contributed by atoms with Crippen molar-refractivity contribution in [3.05, 3.63) is 22.3 Å². The molecular formula is C23H27N5O10S2. The Labute approximate surface area is 236 Å². The third kappa shape index (κ3) is 7.56. The number of thioether (sulfide) groups is 1. The number of ether oxygens (including phenoxy) is 2. The van der Waals surface area contributed by atoms with Crippen LogP contribution in [0.3, 0.4) is 0 Å². The number of nitrogen functional groups attached to an aromatic ring is 1. The molecule has 40 heavy (non-hydrogen) atoms. The second-order valence-electron chi connectivity index (χ2n) is 9.53. The highest BCUT2D eigenvalue weighted by Crippen LogP contribution is 2.40. The summed E-state index contributed by atoms with van der Waals surface area (Å²) in [5.74, 6) is -4.89. The van der Waals surface area contributed by atoms with E-state index in [4.69, 9.17) is 20.0 Å². The second kappa shape index (κ2) is 12.5. The molecule has 17 heteroatoms. The Bertz CT molecular complexity index is 1300. The van der Waals surface area contributed by atoms with Crippen LogP contribution < -0.4 is 11.1 Å². The van der Waals surface area contributed by atoms with Crippen molar-refractivity contribution in [3.8, 4) is 0 Å². The predicted octanol–water partition coefficient (Wildman–Crippen LogP) is 0.0486. The highest BCUT2D eigenvalue weighted by Gasteiger charge is 2.54. The van der Waals surface area contributed by atoms with E-state index in [1.165, 1.54) is 12.3 Å². The molecule has 1 saturated heterocycles. The highest BCUT2D eigenvalue weighted by atomic mass is 32.2. The van der Waals surface area contributed by atoms with Gasteiger partial charge in [-0.2, -0.15) is 0 Å². The van der Waals surface area contributed by atoms with Crippen LogP contribution in [0, 0.1) is 0 Å². The molecule has 2 amide bonds. The highest BCUT2D eigenvalue weighted by molar-refractivity contribution is 8.00. The Morgan fingerprint density at radius 1 is 1.25 bits per heavy atom. The second-order valence-corrected chi connectivity index (χ2v) is 11.5. The number of nitrogens with one attached hydrogen (secondary N) is 1. The quantitative estimate of drug-likeness (QED) is 0.101. The number of nitrogens with two attached hydrogens (primary N) is 1. The summed E-state index contributed by atoms with van der Waals surface area (Å²) in [7, 11) is 0. The number of amides is 2. The van der Waals surface area contributed by atoms with Gasteiger partial charge in [-0.1, -0.05) is 5.16 Å². The molecule has 15 nitrogen and oxygen atoms in total. The number of hydrogen-bond donors (Lipinski definition) is 3. The van der Waals surface area contributed by atoms with Crippen LogP contribution >= 0.6 is 23.1 Å². The minimum absolute atomic E-state index is 0.0323. The standard InChI is InChI=1S/C23H27N5O10S2/c1-10(29)5-13(30)36-6-11-8-39-20-16(19(33)28(20)17(11)21(34)35)26-18(32)15(12-9-40-22(24)25-12)27-37-7-14(31)38-23(2,3)4/h9,16,20H,5-8H2,1-4H3,(H2,24,25)(H,26,32)(H,34,35)/t16-,20+/m1/s1. The minimum Gasteiger partial charge on any atom is -0.477 e. The first kappa shape index (κ1) is 30.6. The van der Waals surface area contributed by atoms with Crippen molar-refractivity contribution in [2.24, 2.45) is 5.16 Å². The SMILES string of the molecule is CC(=O)CC(=O)OCC1=C(C(=O)O)N2C(=O)[C@@H](NC(=O)C(=NOCC(=O)OC(C)(C)C)c3csc(N)n3)[C@@H]2SC1. The van der Waals surface area contributed by atoms with Gasteiger partial charge in [0, 0.05) is 16.7 Å². The fourth-order valence-electron chi connectivity index (χ4n) is 3.55. The van der Waals surface area contributed by atoms with Crippen LogP contribution in [0.2, 0.25) is 0 Å². The molecule has 0 spiro atoms. The molecule has 2 aliphatic heterocycles. The van der Waals surface area contributed by atoms with Crippen LogP contribution in [-0.2, 0) is 43.1 Å². The van der Waals surface area contributed by atoms with E-state index >= 15 is 0 Å². The maximum absolute atomic E-state index is 13.1. The topological polar surface area (TPSA) is 217 Å². The van der Waals surface area contributed by atoms with Gasteiger partial charge in [-0.15, -0.1) is 23.1 Å². The predicted molar refractivity (Wildman–Crippen MR) is 141 cm³/mol. The van der Waals surface area contributed by atoms with E-state index in [1.807, 2.05) is 0 Å². The van der Waals surface area contributed by atoms with E-state index in [0.29, 0.717) is 0 Å². The zero-order valence-electron chi connectivity index (χ0n) is 21.9. The first-order valence-electron chi connectivity index (χ1n) is 11.7. The summed E-state index contributed by atoms with van der Waals surface area (Å²) in [5, 5.41) is 16.8. The molecule has 0 aliphatic carbocycles. The fraction of sp³-hybridized carbons (Fsp3) is 0.478. The zero-order chi connectivity index (χ0) is 29.8. The Hall–Kier alpha value is -3.99. The molecule has 3 heterocycles. The van der Waals surface area contributed by atoms with Crippen LogP contribution in [0.1, 0.15) is 39.8 Å². The van der Waals surface area contributed by atoms with Crippen molar-refractivity contribution >= 4 is 69.4 Å². The lowest BCUT2D eigenvalue weighted by Crippen LogP contribution is -2.71. The number of anilines is 1. The van der Waals surface area contributed by atoms with Gasteiger partial charge in [-0.05, 0) is 27.7 Å². The molecule has 0 radical (unpaired) electrons. The number of carboxylic acids is 1. The first-order chi connectivity index (χ1) is 18.7. The molecule has 0 aromatic carbocycles. The van der Waals surface area contributed by atoms with Gasteiger partial charge in [0.1, 0.15) is 47.2 Å². The van der Waals surface area contributed by atoms with Crippen molar-refractivity contribution < 1.29 is 48.2 Å². The summed E-state index contributed by atoms with van der Waals surface area (Å²) in [6.07, 6.45) is -0.460. The van der Waals surface area contributed by atoms with Gasteiger partial charge in [0.25, 0.3) is 11.8 Å². The average Bonchev–Trinajstić information content (AvgIpc) is 3.27. The number of ketones is 1. The number of aromatic nitrogens is 1. The number of fused-ring (bicyclic) bond motifs is 1. The van der Waals surface area contributed by atoms with Crippen molar-refractivity contribution in [2.45, 2.75) is 51.1 Å². The van der Waals surface area contributed by atoms with Gasteiger partial charge >= 0.3 is 17.9 Å². The van der Waals surface area contributed by atoms with Gasteiger partial charge in [0.15, 0.2) is 10.8 Å². The maximum Gasteiger partial charge on any atom is 0.352 e. The number of esters is 2. The van der Waals surface area contributed by atoms with E-state index in [-0.39, 0.29) is 33.6 Å². The van der Waals surface area contributed by atoms with Crippen LogP contribution in [0.4, 0.5) is 5.13 Å². The first-order valence-corrected chi connectivity index (χ1v) is 13.6. The van der Waals surface area contributed by atoms with Gasteiger partial charge in [-0.25, -0.2) is 14.6 Å². The summed E-state index contributed by atoms with van der Waals surface area (Å²) in [5.41, 5.74) is 4.37. The fourth-order valence-corrected chi connectivity index (χ4v) is 5.42. The average molecular weight is 598 g/mol. The van der Waals surface area contributed by atoms with E-state index in [1.54, 1.807) is 20.8 Å². The monoisotopic (exact) mass is 597 g/mol. The normalized spacial score (nSPS) is 18.9. The minimum atomic E-state index is -1.42. The molecule has 2 aliphatic rings. The van der Waals surface area contributed by atoms with E-state index in [0.717, 1.165) is 28.0 Å². The third-order valence-electron chi connectivity index (χ3n) is 5.07. The van der Waals surface area contributed by atoms with Crippen molar-refractivity contribution in [2.75, 3.05) is 24.7 Å². The Kier molecular flexibility index (Phi) is 9.52. The molecule has 1 aromatic rings. The smallest absolute Gasteiger partial charge is 0.352 e. The molecule has 216 valence electrons. The number of nitrogens with zero attached hydrogens (tertiary/aromatic N) is 3. The third-order valence-corrected chi connectivity index (χ3v) is 7.09. The largest absolute Gasteiger partial charge is 0.477 e. The molecule has 3 rings (SSSR count). The lowest BCUT2D eigenvalue weighted by Gasteiger charge is -2.49. The number of aliphatic carboxylic acids is 1. The molecule has 4 N–H and O–H groups in total. The van der Waals surface area contributed by atoms with Crippen LogP contribution in [0.15, 0.2) is 21.8 Å². The number of rotatable bonds is 11. The van der Waals surface area contributed by atoms with Gasteiger partial charge in [-0.3, -0.25) is 24.1 Å². The molecule has 1 aromatic heterocycles. The number of Topliss-reactive ketones (excluding diaryl/α,β-unsaturated/α-hetero) is 1. The van der Waals surface area contributed by atoms with Crippen LogP contribution in [0.5, 0.6) is 0 Å². The van der Waals surface area contributed by atoms with Crippen molar-refractivity contribution in [3.63, 3.8) is 0 Å². The summed E-state index contributed by atoms with van der Waals surface area (Å²) in [6.45, 7) is 5.21. The van der Waals surface area contributed by atoms with Crippen molar-refractivity contribution in [1.29, 1.82) is 0 Å². The molecule has 1 fully saturated rings. The van der Waals surface area contributed by atoms with E-state index in [2.05, 4.69) is 15.5 Å². The number of hydrogen-bond acceptors (Lipinski definition) is 14. The summed E-state index contributed by atoms with van der Waals surface area (Å²) >= 11 is 2.17. The molecule has 2 atom stereocenters. The number of carboxylic acid groups (broad SMARTS) is 1. The molecule has 0 bridgehead atoms. The molecule has 0 unspecified atom stereocenters. The lowest BCUT2D eigenvalue weighted by atomic mass is 10.0. The van der Waals surface area contributed by atoms with E-state index in [9.17, 15) is 33.9 Å². The summed E-state index contributed by atoms with van der Waals surface area (Å²) in [6, 6.07) is -1.12. The summed E-state index contributed by atoms with van der Waals surface area (Å²) < 4.78 is 10.1. The van der Waals surface area contributed by atoms with Gasteiger partial charge in [0.2, 0.25) is 6.61 Å². The number of thiazole rings is 1. The van der Waals surface area contributed by atoms with Crippen molar-refractivity contribution in [1.82, 2.24) is 15.2 Å². The van der Waals surface area contributed by atoms with Gasteiger partial charge < -0.3 is 30.5 Å². The zero-order valence-corrected chi connectivity index (χ0v) is 23.6. The Balaban J connectivity index is 1.73. The molecule has 0 saturated carbocycles. The number of carbonyl (C=O) groups is 6. The van der Waals surface area contributed by atoms with E-state index < -0.39 is 72.2 Å². The maximum atomic E-state index is 13.1. The van der Waals surface area contributed by atoms with Gasteiger partial charge in [0.05, 0.1) is 0 Å².